The van der Waals surface area contributed by atoms with Gasteiger partial charge in [-0.1, -0.05) is 22.9 Å². The van der Waals surface area contributed by atoms with Gasteiger partial charge in [0.05, 0.1) is 47.2 Å². The Balaban J connectivity index is 1.66. The Hall–Kier alpha value is -4.61. The molecular formula is C30H25ClN2O8S. The molecule has 2 aromatic heterocycles. The highest BCUT2D eigenvalue weighted by Crippen LogP contribution is 2.37. The van der Waals surface area contributed by atoms with Crippen molar-refractivity contribution in [3.05, 3.63) is 101 Å². The number of esters is 1. The fourth-order valence-corrected chi connectivity index (χ4v) is 5.92. The Kier molecular flexibility index (Phi) is 8.06. The van der Waals surface area contributed by atoms with E-state index in [0.29, 0.717) is 54.2 Å². The second-order valence-corrected chi connectivity index (χ2v) is 10.5. The average Bonchev–Trinajstić information content (AvgIpc) is 3.56. The van der Waals surface area contributed by atoms with E-state index in [1.165, 1.54) is 37.0 Å². The predicted octanol–water partition coefficient (Wildman–Crippen LogP) is 4.43. The first-order valence-corrected chi connectivity index (χ1v) is 13.9. The zero-order valence-electron chi connectivity index (χ0n) is 23.0. The van der Waals surface area contributed by atoms with Gasteiger partial charge in [0.15, 0.2) is 4.80 Å². The van der Waals surface area contributed by atoms with Crippen LogP contribution in [0.2, 0.25) is 5.02 Å². The number of halogens is 1. The molecule has 0 bridgehead atoms. The van der Waals surface area contributed by atoms with E-state index in [1.54, 1.807) is 50.3 Å². The number of hydrogen-bond acceptors (Lipinski definition) is 9. The van der Waals surface area contributed by atoms with Crippen LogP contribution in [0.25, 0.3) is 17.4 Å². The fourth-order valence-electron chi connectivity index (χ4n) is 4.68. The summed E-state index contributed by atoms with van der Waals surface area (Å²) in [5, 5.41) is 9.67. The number of thiazole rings is 1. The monoisotopic (exact) mass is 608 g/mol. The molecule has 0 radical (unpaired) electrons. The molecule has 216 valence electrons. The molecule has 3 heterocycles. The number of rotatable bonds is 8. The van der Waals surface area contributed by atoms with Crippen molar-refractivity contribution in [1.82, 2.24) is 4.57 Å². The molecule has 10 nitrogen and oxygen atoms in total. The first kappa shape index (κ1) is 28.9. The van der Waals surface area contributed by atoms with Crippen LogP contribution < -0.4 is 24.4 Å². The molecule has 0 saturated carbocycles. The van der Waals surface area contributed by atoms with Crippen LogP contribution in [0.4, 0.5) is 0 Å². The third-order valence-corrected chi connectivity index (χ3v) is 7.94. The van der Waals surface area contributed by atoms with E-state index in [-0.39, 0.29) is 17.7 Å². The summed E-state index contributed by atoms with van der Waals surface area (Å²) in [4.78, 5) is 43.5. The lowest BCUT2D eigenvalue weighted by molar-refractivity contribution is -0.139. The van der Waals surface area contributed by atoms with Gasteiger partial charge in [0.1, 0.15) is 29.1 Å². The van der Waals surface area contributed by atoms with Crippen LogP contribution in [-0.2, 0) is 9.53 Å². The lowest BCUT2D eigenvalue weighted by Gasteiger charge is -2.26. The molecular weight excluding hydrogens is 584 g/mol. The first-order valence-electron chi connectivity index (χ1n) is 12.7. The zero-order valence-corrected chi connectivity index (χ0v) is 24.5. The maximum Gasteiger partial charge on any atom is 0.338 e. The van der Waals surface area contributed by atoms with E-state index in [1.807, 2.05) is 0 Å². The van der Waals surface area contributed by atoms with E-state index in [2.05, 4.69) is 4.99 Å². The van der Waals surface area contributed by atoms with Gasteiger partial charge in [-0.15, -0.1) is 0 Å². The highest BCUT2D eigenvalue weighted by atomic mass is 35.5. The molecule has 12 heteroatoms. The number of carbonyl (C=O) groups is 2. The van der Waals surface area contributed by atoms with Gasteiger partial charge < -0.3 is 23.7 Å². The Bertz CT molecular complexity index is 1930. The number of carboxylic acids is 1. The van der Waals surface area contributed by atoms with Gasteiger partial charge >= 0.3 is 11.9 Å². The van der Waals surface area contributed by atoms with E-state index in [4.69, 9.17) is 30.2 Å². The summed E-state index contributed by atoms with van der Waals surface area (Å²) in [6.45, 7) is 3.54. The molecule has 0 fully saturated rings. The van der Waals surface area contributed by atoms with Crippen LogP contribution in [0, 0.1) is 0 Å². The first-order chi connectivity index (χ1) is 20.2. The van der Waals surface area contributed by atoms with E-state index >= 15 is 0 Å². The lowest BCUT2D eigenvalue weighted by atomic mass is 9.95. The number of benzene rings is 2. The molecule has 4 aromatic rings. The topological polar surface area (TPSA) is 130 Å². The number of aromatic nitrogens is 1. The molecule has 0 spiro atoms. The van der Waals surface area contributed by atoms with Crippen molar-refractivity contribution in [3.63, 3.8) is 0 Å². The Labute approximate surface area is 248 Å². The quantitative estimate of drug-likeness (QED) is 0.291. The fraction of sp³-hybridized carbons (Fsp3) is 0.200. The molecule has 0 saturated heterocycles. The minimum absolute atomic E-state index is 0.0578. The molecule has 1 aliphatic rings. The summed E-state index contributed by atoms with van der Waals surface area (Å²) in [6.07, 6.45) is 1.56. The third kappa shape index (κ3) is 5.24. The molecule has 1 N–H and O–H groups in total. The number of hydrogen-bond donors (Lipinski definition) is 1. The molecule has 1 aliphatic heterocycles. The Morgan fingerprint density at radius 2 is 1.93 bits per heavy atom. The maximum absolute atomic E-state index is 13.9. The number of carboxylic acid groups (broad SMARTS) is 1. The number of aromatic carboxylic acids is 1. The number of methoxy groups -OCH3 is 2. The molecule has 2 aromatic carbocycles. The minimum atomic E-state index is -1.10. The number of nitrogens with zero attached hydrogens (tertiary/aromatic N) is 2. The number of carbonyl (C=O) groups excluding carboxylic acids is 1. The lowest BCUT2D eigenvalue weighted by Crippen LogP contribution is -2.40. The van der Waals surface area contributed by atoms with Crippen molar-refractivity contribution in [1.29, 1.82) is 0 Å². The highest BCUT2D eigenvalue weighted by Gasteiger charge is 2.35. The van der Waals surface area contributed by atoms with Gasteiger partial charge in [-0.3, -0.25) is 9.36 Å². The van der Waals surface area contributed by atoms with Crippen molar-refractivity contribution in [2.75, 3.05) is 20.8 Å². The van der Waals surface area contributed by atoms with E-state index in [9.17, 15) is 19.5 Å². The van der Waals surface area contributed by atoms with Crippen LogP contribution in [0.5, 0.6) is 11.5 Å². The van der Waals surface area contributed by atoms with Gasteiger partial charge in [0.25, 0.3) is 5.56 Å². The minimum Gasteiger partial charge on any atom is -0.497 e. The Morgan fingerprint density at radius 3 is 2.62 bits per heavy atom. The predicted molar refractivity (Wildman–Crippen MR) is 156 cm³/mol. The van der Waals surface area contributed by atoms with Gasteiger partial charge in [-0.2, -0.15) is 0 Å². The average molecular weight is 609 g/mol. The van der Waals surface area contributed by atoms with Gasteiger partial charge in [-0.25, -0.2) is 14.6 Å². The van der Waals surface area contributed by atoms with Crippen molar-refractivity contribution >= 4 is 41.0 Å². The number of furan rings is 1. The molecule has 0 amide bonds. The number of ether oxygens (including phenoxy) is 3. The summed E-state index contributed by atoms with van der Waals surface area (Å²) in [5.41, 5.74) is 1.24. The second-order valence-electron chi connectivity index (χ2n) is 9.11. The van der Waals surface area contributed by atoms with Crippen LogP contribution in [0.15, 0.2) is 74.0 Å². The zero-order chi connectivity index (χ0) is 30.1. The van der Waals surface area contributed by atoms with Crippen molar-refractivity contribution in [3.8, 4) is 22.8 Å². The second kappa shape index (κ2) is 11.7. The normalized spacial score (nSPS) is 14.8. The Morgan fingerprint density at radius 1 is 1.14 bits per heavy atom. The maximum atomic E-state index is 13.9. The summed E-state index contributed by atoms with van der Waals surface area (Å²) in [7, 11) is 3.03. The summed E-state index contributed by atoms with van der Waals surface area (Å²) >= 11 is 7.44. The smallest absolute Gasteiger partial charge is 0.338 e. The van der Waals surface area contributed by atoms with Crippen molar-refractivity contribution in [2.24, 2.45) is 4.99 Å². The number of allylic oxidation sites excluding steroid dienone is 1. The van der Waals surface area contributed by atoms with Crippen molar-refractivity contribution < 1.29 is 33.3 Å². The highest BCUT2D eigenvalue weighted by molar-refractivity contribution is 7.07. The van der Waals surface area contributed by atoms with E-state index in [0.717, 1.165) is 11.3 Å². The third-order valence-electron chi connectivity index (χ3n) is 6.63. The SMILES string of the molecule is CCOC(=O)C1=C(C)N=c2sc(=Cc3ccc(-c4cc(C(=O)O)ccc4Cl)o3)c(=O)n2C1c1ccc(OC)cc1OC. The van der Waals surface area contributed by atoms with Gasteiger partial charge in [0.2, 0.25) is 0 Å². The standard InChI is InChI=1S/C30H25ClN2O8S/c1-5-40-29(37)25-15(2)32-30-33(26(25)19-9-7-17(38-3)13-23(19)39-4)27(34)24(42-30)14-18-8-11-22(41-18)20-12-16(28(35)36)6-10-21(20)31/h6-14,26H,5H2,1-4H3,(H,35,36). The molecule has 42 heavy (non-hydrogen) atoms. The number of fused-ring (bicyclic) bond motifs is 1. The van der Waals surface area contributed by atoms with E-state index < -0.39 is 23.5 Å². The summed E-state index contributed by atoms with van der Waals surface area (Å²) < 4.78 is 24.0. The van der Waals surface area contributed by atoms with Gasteiger partial charge in [-0.05, 0) is 56.3 Å². The molecule has 1 atom stereocenters. The summed E-state index contributed by atoms with van der Waals surface area (Å²) in [6, 6.07) is 11.9. The van der Waals surface area contributed by atoms with Crippen LogP contribution in [0.3, 0.4) is 0 Å². The summed E-state index contributed by atoms with van der Waals surface area (Å²) in [5.74, 6) is -0.0469. The van der Waals surface area contributed by atoms with Crippen LogP contribution >= 0.6 is 22.9 Å². The van der Waals surface area contributed by atoms with Crippen LogP contribution in [0.1, 0.15) is 41.6 Å². The van der Waals surface area contributed by atoms with Crippen molar-refractivity contribution in [2.45, 2.75) is 19.9 Å². The molecule has 5 rings (SSSR count). The molecule has 1 unspecified atom stereocenters. The largest absolute Gasteiger partial charge is 0.497 e. The van der Waals surface area contributed by atoms with Crippen LogP contribution in [-0.4, -0.2) is 42.4 Å². The van der Waals surface area contributed by atoms with Gasteiger partial charge in [0, 0.05) is 23.3 Å². The molecule has 0 aliphatic carbocycles.